The van der Waals surface area contributed by atoms with E-state index in [2.05, 4.69) is 5.10 Å². The van der Waals surface area contributed by atoms with Gasteiger partial charge in [-0.1, -0.05) is 23.7 Å². The molecule has 0 atom stereocenters. The number of aryl methyl sites for hydroxylation is 1. The summed E-state index contributed by atoms with van der Waals surface area (Å²) in [5.41, 5.74) is 2.06. The van der Waals surface area contributed by atoms with E-state index in [0.29, 0.717) is 17.2 Å². The highest BCUT2D eigenvalue weighted by Gasteiger charge is 2.18. The van der Waals surface area contributed by atoms with E-state index in [1.165, 1.54) is 6.20 Å². The van der Waals surface area contributed by atoms with Crippen molar-refractivity contribution in [2.75, 3.05) is 6.61 Å². The molecule has 5 heteroatoms. The fourth-order valence-corrected chi connectivity index (χ4v) is 1.87. The fourth-order valence-electron chi connectivity index (χ4n) is 1.75. The van der Waals surface area contributed by atoms with Crippen molar-refractivity contribution in [2.45, 2.75) is 6.92 Å². The van der Waals surface area contributed by atoms with E-state index in [1.54, 1.807) is 30.8 Å². The van der Waals surface area contributed by atoms with Gasteiger partial charge in [0.05, 0.1) is 18.5 Å². The minimum Gasteiger partial charge on any atom is -0.462 e. The Morgan fingerprint density at radius 3 is 2.67 bits per heavy atom. The Hall–Kier alpha value is -1.81. The first-order valence-electron chi connectivity index (χ1n) is 5.58. The van der Waals surface area contributed by atoms with E-state index >= 15 is 0 Å². The van der Waals surface area contributed by atoms with Crippen molar-refractivity contribution in [3.8, 4) is 11.3 Å². The molecule has 4 nitrogen and oxygen atoms in total. The number of aromatic nitrogens is 2. The number of carbonyl (C=O) groups excluding carboxylic acids is 1. The molecule has 0 unspecified atom stereocenters. The van der Waals surface area contributed by atoms with E-state index in [0.717, 1.165) is 11.3 Å². The molecule has 0 N–H and O–H groups in total. The highest BCUT2D eigenvalue weighted by atomic mass is 35.5. The zero-order chi connectivity index (χ0) is 13.1. The Morgan fingerprint density at radius 1 is 1.39 bits per heavy atom. The van der Waals surface area contributed by atoms with Crippen molar-refractivity contribution in [1.82, 2.24) is 9.78 Å². The molecule has 0 saturated heterocycles. The average molecular weight is 265 g/mol. The standard InChI is InChI=1S/C13H13ClN2O2/c1-3-18-13(17)11-8-15-16(2)12(11)9-4-6-10(14)7-5-9/h4-8H,3H2,1-2H3. The quantitative estimate of drug-likeness (QED) is 0.801. The Labute approximate surface area is 110 Å². The van der Waals surface area contributed by atoms with Crippen LogP contribution in [0.2, 0.25) is 5.02 Å². The molecule has 2 aromatic rings. The van der Waals surface area contributed by atoms with Gasteiger partial charge < -0.3 is 4.74 Å². The summed E-state index contributed by atoms with van der Waals surface area (Å²) in [7, 11) is 1.78. The number of halogens is 1. The molecule has 0 spiro atoms. The van der Waals surface area contributed by atoms with Crippen LogP contribution in [0.3, 0.4) is 0 Å². The number of ether oxygens (including phenoxy) is 1. The summed E-state index contributed by atoms with van der Waals surface area (Å²) in [4.78, 5) is 11.8. The van der Waals surface area contributed by atoms with Gasteiger partial charge in [0.15, 0.2) is 0 Å². The van der Waals surface area contributed by atoms with Gasteiger partial charge in [-0.25, -0.2) is 4.79 Å². The van der Waals surface area contributed by atoms with E-state index in [9.17, 15) is 4.79 Å². The van der Waals surface area contributed by atoms with Gasteiger partial charge in [-0.2, -0.15) is 5.10 Å². The molecular weight excluding hydrogens is 252 g/mol. The molecule has 0 fully saturated rings. The zero-order valence-corrected chi connectivity index (χ0v) is 10.9. The maximum Gasteiger partial charge on any atom is 0.341 e. The minimum atomic E-state index is -0.365. The van der Waals surface area contributed by atoms with Gasteiger partial charge >= 0.3 is 5.97 Å². The van der Waals surface area contributed by atoms with Gasteiger partial charge in [-0.15, -0.1) is 0 Å². The molecule has 94 valence electrons. The lowest BCUT2D eigenvalue weighted by molar-refractivity contribution is 0.0527. The van der Waals surface area contributed by atoms with E-state index in [-0.39, 0.29) is 5.97 Å². The molecule has 0 aliphatic heterocycles. The van der Waals surface area contributed by atoms with Crippen molar-refractivity contribution < 1.29 is 9.53 Å². The van der Waals surface area contributed by atoms with Gasteiger partial charge in [0.25, 0.3) is 0 Å². The van der Waals surface area contributed by atoms with Crippen LogP contribution in [0, 0.1) is 0 Å². The van der Waals surface area contributed by atoms with Gasteiger partial charge in [-0.3, -0.25) is 4.68 Å². The van der Waals surface area contributed by atoms with Crippen molar-refractivity contribution in [1.29, 1.82) is 0 Å². The van der Waals surface area contributed by atoms with Crippen molar-refractivity contribution in [3.63, 3.8) is 0 Å². The summed E-state index contributed by atoms with van der Waals surface area (Å²) in [5, 5.41) is 4.75. The molecule has 0 radical (unpaired) electrons. The molecule has 0 aliphatic rings. The van der Waals surface area contributed by atoms with Gasteiger partial charge in [0.1, 0.15) is 5.56 Å². The molecule has 1 aromatic carbocycles. The van der Waals surface area contributed by atoms with Crippen LogP contribution in [0.1, 0.15) is 17.3 Å². The fraction of sp³-hybridized carbons (Fsp3) is 0.231. The van der Waals surface area contributed by atoms with Crippen LogP contribution >= 0.6 is 11.6 Å². The predicted molar refractivity (Wildman–Crippen MR) is 69.6 cm³/mol. The summed E-state index contributed by atoms with van der Waals surface area (Å²) in [6, 6.07) is 7.25. The molecule has 0 bridgehead atoms. The summed E-state index contributed by atoms with van der Waals surface area (Å²) >= 11 is 5.85. The molecule has 1 aromatic heterocycles. The highest BCUT2D eigenvalue weighted by Crippen LogP contribution is 2.25. The van der Waals surface area contributed by atoms with Crippen molar-refractivity contribution in [3.05, 3.63) is 41.0 Å². The molecular formula is C13H13ClN2O2. The molecule has 2 rings (SSSR count). The van der Waals surface area contributed by atoms with Crippen LogP contribution in [-0.4, -0.2) is 22.4 Å². The van der Waals surface area contributed by atoms with Gasteiger partial charge in [0.2, 0.25) is 0 Å². The maximum atomic E-state index is 11.8. The number of rotatable bonds is 3. The number of benzene rings is 1. The first kappa shape index (κ1) is 12.6. The smallest absolute Gasteiger partial charge is 0.341 e. The lowest BCUT2D eigenvalue weighted by Gasteiger charge is -2.06. The SMILES string of the molecule is CCOC(=O)c1cnn(C)c1-c1ccc(Cl)cc1. The van der Waals surface area contributed by atoms with E-state index < -0.39 is 0 Å². The third-order valence-corrected chi connectivity index (χ3v) is 2.80. The van der Waals surface area contributed by atoms with Crippen molar-refractivity contribution in [2.24, 2.45) is 7.05 Å². The normalized spacial score (nSPS) is 10.4. The molecule has 0 aliphatic carbocycles. The first-order valence-corrected chi connectivity index (χ1v) is 5.96. The zero-order valence-electron chi connectivity index (χ0n) is 10.2. The van der Waals surface area contributed by atoms with Crippen LogP contribution < -0.4 is 0 Å². The summed E-state index contributed by atoms with van der Waals surface area (Å²) in [6.07, 6.45) is 1.52. The van der Waals surface area contributed by atoms with Crippen LogP contribution in [0.15, 0.2) is 30.5 Å². The minimum absolute atomic E-state index is 0.341. The number of esters is 1. The first-order chi connectivity index (χ1) is 8.63. The van der Waals surface area contributed by atoms with Crippen molar-refractivity contribution >= 4 is 17.6 Å². The number of nitrogens with zero attached hydrogens (tertiary/aromatic N) is 2. The third-order valence-electron chi connectivity index (χ3n) is 2.55. The van der Waals surface area contributed by atoms with E-state index in [4.69, 9.17) is 16.3 Å². The summed E-state index contributed by atoms with van der Waals surface area (Å²) in [6.45, 7) is 2.12. The lowest BCUT2D eigenvalue weighted by Crippen LogP contribution is -2.06. The number of hydrogen-bond donors (Lipinski definition) is 0. The number of hydrogen-bond acceptors (Lipinski definition) is 3. The van der Waals surface area contributed by atoms with Gasteiger partial charge in [0, 0.05) is 17.6 Å². The van der Waals surface area contributed by atoms with Crippen LogP contribution in [0.5, 0.6) is 0 Å². The average Bonchev–Trinajstić information content (AvgIpc) is 2.73. The Morgan fingerprint density at radius 2 is 2.06 bits per heavy atom. The summed E-state index contributed by atoms with van der Waals surface area (Å²) < 4.78 is 6.66. The molecule has 18 heavy (non-hydrogen) atoms. The Bertz CT molecular complexity index is 561. The number of carbonyl (C=O) groups is 1. The lowest BCUT2D eigenvalue weighted by atomic mass is 10.1. The van der Waals surface area contributed by atoms with Crippen LogP contribution in [0.25, 0.3) is 11.3 Å². The highest BCUT2D eigenvalue weighted by molar-refractivity contribution is 6.30. The second-order valence-corrected chi connectivity index (χ2v) is 4.19. The topological polar surface area (TPSA) is 44.1 Å². The summed E-state index contributed by atoms with van der Waals surface area (Å²) in [5.74, 6) is -0.365. The second-order valence-electron chi connectivity index (χ2n) is 3.76. The Balaban J connectivity index is 2.46. The van der Waals surface area contributed by atoms with E-state index in [1.807, 2.05) is 12.1 Å². The monoisotopic (exact) mass is 264 g/mol. The maximum absolute atomic E-state index is 11.8. The third kappa shape index (κ3) is 2.38. The molecule has 0 saturated carbocycles. The van der Waals surface area contributed by atoms with Gasteiger partial charge in [-0.05, 0) is 19.1 Å². The molecule has 1 heterocycles. The molecule has 0 amide bonds. The van der Waals surface area contributed by atoms with Crippen LogP contribution in [0.4, 0.5) is 0 Å². The second kappa shape index (κ2) is 5.23. The van der Waals surface area contributed by atoms with Crippen LogP contribution in [-0.2, 0) is 11.8 Å². The predicted octanol–water partition coefficient (Wildman–Crippen LogP) is 2.92. The Kier molecular flexibility index (Phi) is 3.67. The largest absolute Gasteiger partial charge is 0.462 e.